The Morgan fingerprint density at radius 2 is 1.62 bits per heavy atom. The second kappa shape index (κ2) is 13.4. The summed E-state index contributed by atoms with van der Waals surface area (Å²) in [5, 5.41) is 2.90. The summed E-state index contributed by atoms with van der Waals surface area (Å²) in [6.45, 7) is 5.39. The third-order valence-electron chi connectivity index (χ3n) is 6.22. The zero-order valence-electron chi connectivity index (χ0n) is 22.8. The second-order valence-corrected chi connectivity index (χ2v) is 12.0. The fraction of sp³-hybridized carbons (Fsp3) is 0.333. The van der Waals surface area contributed by atoms with Gasteiger partial charge in [-0.25, -0.2) is 12.8 Å². The molecule has 0 aliphatic carbocycles. The average molecular weight is 554 g/mol. The number of anilines is 1. The van der Waals surface area contributed by atoms with Crippen molar-refractivity contribution in [1.29, 1.82) is 0 Å². The Kier molecular flexibility index (Phi) is 10.2. The van der Waals surface area contributed by atoms with Gasteiger partial charge in [0.05, 0.1) is 11.9 Å². The lowest BCUT2D eigenvalue weighted by Crippen LogP contribution is -2.53. The number of nitrogens with zero attached hydrogens (tertiary/aromatic N) is 2. The SMILES string of the molecule is Cc1cccc(N(CC(=O)N(Cc2ccccc2F)C(Cc2ccccc2)C(=O)NCC(C)C)S(C)(=O)=O)c1. The number of nitrogens with one attached hydrogen (secondary N) is 1. The van der Waals surface area contributed by atoms with Gasteiger partial charge in [-0.1, -0.05) is 74.5 Å². The third kappa shape index (κ3) is 8.64. The highest BCUT2D eigenvalue weighted by atomic mass is 32.2. The smallest absolute Gasteiger partial charge is 0.244 e. The third-order valence-corrected chi connectivity index (χ3v) is 7.36. The first-order valence-electron chi connectivity index (χ1n) is 12.8. The van der Waals surface area contributed by atoms with E-state index >= 15 is 0 Å². The van der Waals surface area contributed by atoms with Crippen LogP contribution in [-0.2, 0) is 32.6 Å². The number of benzene rings is 3. The average Bonchev–Trinajstić information content (AvgIpc) is 2.88. The van der Waals surface area contributed by atoms with Crippen LogP contribution in [0.25, 0.3) is 0 Å². The van der Waals surface area contributed by atoms with Gasteiger partial charge in [0.25, 0.3) is 0 Å². The molecule has 2 amide bonds. The van der Waals surface area contributed by atoms with Crippen molar-refractivity contribution in [1.82, 2.24) is 10.2 Å². The number of aryl methyl sites for hydroxylation is 1. The largest absolute Gasteiger partial charge is 0.354 e. The van der Waals surface area contributed by atoms with Crippen molar-refractivity contribution in [3.8, 4) is 0 Å². The van der Waals surface area contributed by atoms with Gasteiger partial charge in [-0.05, 0) is 42.2 Å². The van der Waals surface area contributed by atoms with Crippen molar-refractivity contribution in [2.45, 2.75) is 39.8 Å². The molecule has 0 fully saturated rings. The molecule has 0 bridgehead atoms. The van der Waals surface area contributed by atoms with Gasteiger partial charge in [-0.3, -0.25) is 13.9 Å². The quantitative estimate of drug-likeness (QED) is 0.362. The van der Waals surface area contributed by atoms with Crippen LogP contribution >= 0.6 is 0 Å². The summed E-state index contributed by atoms with van der Waals surface area (Å²) in [4.78, 5) is 28.8. The summed E-state index contributed by atoms with van der Waals surface area (Å²) in [5.41, 5.74) is 2.20. The maximum atomic E-state index is 14.8. The number of rotatable bonds is 12. The molecule has 3 aromatic rings. The van der Waals surface area contributed by atoms with E-state index < -0.39 is 40.2 Å². The Morgan fingerprint density at radius 1 is 0.949 bits per heavy atom. The monoisotopic (exact) mass is 553 g/mol. The molecule has 0 spiro atoms. The van der Waals surface area contributed by atoms with Crippen molar-refractivity contribution in [2.24, 2.45) is 5.92 Å². The number of carbonyl (C=O) groups excluding carboxylic acids is 2. The summed E-state index contributed by atoms with van der Waals surface area (Å²) < 4.78 is 41.4. The van der Waals surface area contributed by atoms with Crippen LogP contribution in [0.5, 0.6) is 0 Å². The van der Waals surface area contributed by atoms with Gasteiger partial charge in [0.1, 0.15) is 18.4 Å². The topological polar surface area (TPSA) is 86.8 Å². The van der Waals surface area contributed by atoms with E-state index in [2.05, 4.69) is 5.32 Å². The van der Waals surface area contributed by atoms with E-state index in [1.54, 1.807) is 36.4 Å². The highest BCUT2D eigenvalue weighted by Crippen LogP contribution is 2.22. The van der Waals surface area contributed by atoms with Gasteiger partial charge in [-0.15, -0.1) is 0 Å². The van der Waals surface area contributed by atoms with Crippen LogP contribution in [0, 0.1) is 18.7 Å². The molecule has 7 nitrogen and oxygen atoms in total. The second-order valence-electron chi connectivity index (χ2n) is 10.1. The van der Waals surface area contributed by atoms with Crippen LogP contribution in [0.3, 0.4) is 0 Å². The Hall–Kier alpha value is -3.72. The van der Waals surface area contributed by atoms with Gasteiger partial charge in [-0.2, -0.15) is 0 Å². The molecule has 3 aromatic carbocycles. The first kappa shape index (κ1) is 29.8. The summed E-state index contributed by atoms with van der Waals surface area (Å²) in [6, 6.07) is 21.1. The number of sulfonamides is 1. The molecule has 9 heteroatoms. The molecule has 3 rings (SSSR count). The number of hydrogen-bond donors (Lipinski definition) is 1. The number of hydrogen-bond acceptors (Lipinski definition) is 4. The van der Waals surface area contributed by atoms with Gasteiger partial charge in [0.2, 0.25) is 21.8 Å². The summed E-state index contributed by atoms with van der Waals surface area (Å²) in [6.07, 6.45) is 1.20. The normalized spacial score (nSPS) is 12.2. The first-order valence-corrected chi connectivity index (χ1v) is 14.7. The maximum absolute atomic E-state index is 14.8. The first-order chi connectivity index (χ1) is 18.5. The van der Waals surface area contributed by atoms with Crippen molar-refractivity contribution < 1.29 is 22.4 Å². The van der Waals surface area contributed by atoms with E-state index in [4.69, 9.17) is 0 Å². The van der Waals surface area contributed by atoms with Crippen LogP contribution in [0.1, 0.15) is 30.5 Å². The van der Waals surface area contributed by atoms with Crippen LogP contribution in [-0.4, -0.2) is 50.5 Å². The standard InChI is InChI=1S/C30H36FN3O4S/c1-22(2)19-32-30(36)28(18-24-12-6-5-7-13-24)33(20-25-14-8-9-16-27(25)31)29(35)21-34(39(4,37)38)26-15-10-11-23(3)17-26/h5-17,22,28H,18-21H2,1-4H3,(H,32,36). The minimum atomic E-state index is -3.86. The maximum Gasteiger partial charge on any atom is 0.244 e. The van der Waals surface area contributed by atoms with Crippen molar-refractivity contribution in [3.63, 3.8) is 0 Å². The molecular weight excluding hydrogens is 517 g/mol. The number of carbonyl (C=O) groups is 2. The fourth-order valence-electron chi connectivity index (χ4n) is 4.18. The molecule has 1 atom stereocenters. The van der Waals surface area contributed by atoms with Crippen LogP contribution in [0.15, 0.2) is 78.9 Å². The molecule has 208 valence electrons. The van der Waals surface area contributed by atoms with Gasteiger partial charge in [0, 0.05) is 25.1 Å². The lowest BCUT2D eigenvalue weighted by molar-refractivity contribution is -0.140. The molecule has 0 aliphatic heterocycles. The predicted molar refractivity (Wildman–Crippen MR) is 152 cm³/mol. The van der Waals surface area contributed by atoms with Crippen LogP contribution in [0.2, 0.25) is 0 Å². The Morgan fingerprint density at radius 3 is 2.23 bits per heavy atom. The van der Waals surface area contributed by atoms with Crippen LogP contribution in [0.4, 0.5) is 10.1 Å². The van der Waals surface area contributed by atoms with Gasteiger partial charge < -0.3 is 10.2 Å². The molecule has 0 saturated carbocycles. The number of halogens is 1. The van der Waals surface area contributed by atoms with Gasteiger partial charge in [0.15, 0.2) is 0 Å². The van der Waals surface area contributed by atoms with Crippen molar-refractivity contribution in [3.05, 3.63) is 101 Å². The molecule has 0 heterocycles. The molecule has 0 aromatic heterocycles. The van der Waals surface area contributed by atoms with E-state index in [1.165, 1.54) is 11.0 Å². The Balaban J connectivity index is 2.06. The zero-order chi connectivity index (χ0) is 28.6. The minimum absolute atomic E-state index is 0.170. The van der Waals surface area contributed by atoms with Crippen LogP contribution < -0.4 is 9.62 Å². The molecular formula is C30H36FN3O4S. The van der Waals surface area contributed by atoms with E-state index in [1.807, 2.05) is 57.2 Å². The van der Waals surface area contributed by atoms with Crippen molar-refractivity contribution in [2.75, 3.05) is 23.7 Å². The fourth-order valence-corrected chi connectivity index (χ4v) is 5.02. The van der Waals surface area contributed by atoms with E-state index in [0.29, 0.717) is 12.2 Å². The van der Waals surface area contributed by atoms with E-state index in [9.17, 15) is 22.4 Å². The number of amides is 2. The highest BCUT2D eigenvalue weighted by Gasteiger charge is 2.33. The summed E-state index contributed by atoms with van der Waals surface area (Å²) >= 11 is 0. The summed E-state index contributed by atoms with van der Waals surface area (Å²) in [7, 11) is -3.86. The van der Waals surface area contributed by atoms with E-state index in [-0.39, 0.29) is 24.4 Å². The Bertz CT molecular complexity index is 1380. The molecule has 0 aliphatic rings. The highest BCUT2D eigenvalue weighted by molar-refractivity contribution is 7.92. The van der Waals surface area contributed by atoms with Crippen molar-refractivity contribution >= 4 is 27.5 Å². The predicted octanol–water partition coefficient (Wildman–Crippen LogP) is 4.31. The molecule has 39 heavy (non-hydrogen) atoms. The molecule has 1 unspecified atom stereocenters. The summed E-state index contributed by atoms with van der Waals surface area (Å²) in [5.74, 6) is -1.36. The Labute approximate surface area is 230 Å². The lowest BCUT2D eigenvalue weighted by atomic mass is 10.0. The molecule has 0 saturated heterocycles. The van der Waals surface area contributed by atoms with Gasteiger partial charge >= 0.3 is 0 Å². The lowest BCUT2D eigenvalue weighted by Gasteiger charge is -2.33. The molecule has 1 N–H and O–H groups in total. The minimum Gasteiger partial charge on any atom is -0.354 e. The molecule has 0 radical (unpaired) electrons. The zero-order valence-corrected chi connectivity index (χ0v) is 23.6. The van der Waals surface area contributed by atoms with E-state index in [0.717, 1.165) is 21.7 Å².